The zero-order valence-corrected chi connectivity index (χ0v) is 10.8. The highest BCUT2D eigenvalue weighted by atomic mass is 32.1. The summed E-state index contributed by atoms with van der Waals surface area (Å²) in [6.45, 7) is 2.22. The summed E-state index contributed by atoms with van der Waals surface area (Å²) in [6.07, 6.45) is 5.13. The van der Waals surface area contributed by atoms with Gasteiger partial charge in [0.1, 0.15) is 5.82 Å². The molecule has 0 bridgehead atoms. The zero-order valence-electron chi connectivity index (χ0n) is 10.0. The van der Waals surface area contributed by atoms with Crippen molar-refractivity contribution in [1.82, 2.24) is 9.36 Å². The van der Waals surface area contributed by atoms with Crippen LogP contribution in [0.15, 0.2) is 0 Å². The Labute approximate surface area is 105 Å². The number of aryl methyl sites for hydroxylation is 1. The maximum atomic E-state index is 12.3. The van der Waals surface area contributed by atoms with Gasteiger partial charge < -0.3 is 11.1 Å². The highest BCUT2D eigenvalue weighted by Gasteiger charge is 2.38. The van der Waals surface area contributed by atoms with Crippen molar-refractivity contribution in [3.63, 3.8) is 0 Å². The normalized spacial score (nSPS) is 18.9. The Morgan fingerprint density at radius 3 is 2.71 bits per heavy atom. The number of amides is 1. The van der Waals surface area contributed by atoms with E-state index in [0.29, 0.717) is 17.5 Å². The average molecular weight is 254 g/mol. The number of carbonyl (C=O) groups is 1. The lowest BCUT2D eigenvalue weighted by Gasteiger charge is -2.34. The summed E-state index contributed by atoms with van der Waals surface area (Å²) in [5.41, 5.74) is 5.41. The molecule has 1 saturated carbocycles. The molecule has 0 spiro atoms. The zero-order chi connectivity index (χ0) is 12.3. The molecule has 6 heteroatoms. The van der Waals surface area contributed by atoms with Crippen LogP contribution in [0.1, 0.15) is 37.9 Å². The van der Waals surface area contributed by atoms with E-state index in [0.717, 1.165) is 25.7 Å². The van der Waals surface area contributed by atoms with Gasteiger partial charge in [0.15, 0.2) is 0 Å². The maximum Gasteiger partial charge on any atom is 0.233 e. The lowest BCUT2D eigenvalue weighted by molar-refractivity contribution is -0.126. The van der Waals surface area contributed by atoms with Crippen LogP contribution in [-0.4, -0.2) is 21.8 Å². The predicted molar refractivity (Wildman–Crippen MR) is 67.8 cm³/mol. The van der Waals surface area contributed by atoms with Crippen LogP contribution in [0.4, 0.5) is 5.13 Å². The van der Waals surface area contributed by atoms with Crippen LogP contribution in [0.25, 0.3) is 0 Å². The molecule has 1 aromatic rings. The third-order valence-electron chi connectivity index (χ3n) is 3.43. The molecular formula is C11H18N4OS. The van der Waals surface area contributed by atoms with Gasteiger partial charge in [0.2, 0.25) is 11.0 Å². The van der Waals surface area contributed by atoms with Crippen molar-refractivity contribution >= 4 is 22.6 Å². The van der Waals surface area contributed by atoms with Crippen molar-refractivity contribution in [2.75, 3.05) is 11.9 Å². The quantitative estimate of drug-likeness (QED) is 0.860. The van der Waals surface area contributed by atoms with Gasteiger partial charge in [-0.15, -0.1) is 0 Å². The van der Waals surface area contributed by atoms with Gasteiger partial charge in [0.25, 0.3) is 0 Å². The third kappa shape index (κ3) is 2.63. The van der Waals surface area contributed by atoms with E-state index in [2.05, 4.69) is 14.7 Å². The van der Waals surface area contributed by atoms with Crippen LogP contribution in [0.2, 0.25) is 0 Å². The van der Waals surface area contributed by atoms with Gasteiger partial charge in [-0.25, -0.2) is 4.98 Å². The topological polar surface area (TPSA) is 80.9 Å². The van der Waals surface area contributed by atoms with Crippen molar-refractivity contribution in [3.8, 4) is 0 Å². The van der Waals surface area contributed by atoms with E-state index in [9.17, 15) is 4.79 Å². The minimum Gasteiger partial charge on any atom is -0.329 e. The number of aromatic nitrogens is 2. The first-order chi connectivity index (χ1) is 8.16. The van der Waals surface area contributed by atoms with Gasteiger partial charge >= 0.3 is 0 Å². The molecule has 1 heterocycles. The van der Waals surface area contributed by atoms with Crippen LogP contribution in [0.5, 0.6) is 0 Å². The molecule has 94 valence electrons. The summed E-state index contributed by atoms with van der Waals surface area (Å²) in [4.78, 5) is 16.4. The summed E-state index contributed by atoms with van der Waals surface area (Å²) in [5.74, 6) is 0.701. The van der Waals surface area contributed by atoms with Crippen molar-refractivity contribution in [3.05, 3.63) is 5.82 Å². The summed E-state index contributed by atoms with van der Waals surface area (Å²) < 4.78 is 4.05. The van der Waals surface area contributed by atoms with Crippen LogP contribution in [0.3, 0.4) is 0 Å². The number of hydrogen-bond acceptors (Lipinski definition) is 5. The molecule has 0 radical (unpaired) electrons. The molecule has 0 atom stereocenters. The van der Waals surface area contributed by atoms with E-state index < -0.39 is 5.41 Å². The van der Waals surface area contributed by atoms with E-state index in [1.54, 1.807) is 0 Å². The van der Waals surface area contributed by atoms with Crippen LogP contribution >= 0.6 is 11.5 Å². The molecule has 0 unspecified atom stereocenters. The lowest BCUT2D eigenvalue weighted by Crippen LogP contribution is -2.43. The van der Waals surface area contributed by atoms with Gasteiger partial charge in [-0.05, 0) is 19.8 Å². The van der Waals surface area contributed by atoms with Gasteiger partial charge in [-0.3, -0.25) is 4.79 Å². The van der Waals surface area contributed by atoms with E-state index in [1.807, 2.05) is 6.92 Å². The lowest BCUT2D eigenvalue weighted by atomic mass is 9.73. The van der Waals surface area contributed by atoms with Crippen LogP contribution < -0.4 is 11.1 Å². The Kier molecular flexibility index (Phi) is 3.73. The number of hydrogen-bond donors (Lipinski definition) is 2. The van der Waals surface area contributed by atoms with Crippen molar-refractivity contribution in [1.29, 1.82) is 0 Å². The molecule has 1 aliphatic carbocycles. The number of anilines is 1. The Bertz CT molecular complexity index is 398. The van der Waals surface area contributed by atoms with Crippen LogP contribution in [-0.2, 0) is 4.79 Å². The second-order valence-electron chi connectivity index (χ2n) is 4.65. The molecular weight excluding hydrogens is 236 g/mol. The largest absolute Gasteiger partial charge is 0.329 e. The number of nitrogens with one attached hydrogen (secondary N) is 1. The highest BCUT2D eigenvalue weighted by molar-refractivity contribution is 7.09. The number of rotatable bonds is 3. The van der Waals surface area contributed by atoms with Gasteiger partial charge in [-0.1, -0.05) is 19.3 Å². The van der Waals surface area contributed by atoms with Crippen LogP contribution in [0, 0.1) is 12.3 Å². The van der Waals surface area contributed by atoms with Gasteiger partial charge in [-0.2, -0.15) is 4.37 Å². The van der Waals surface area contributed by atoms with Gasteiger partial charge in [0.05, 0.1) is 5.41 Å². The summed E-state index contributed by atoms with van der Waals surface area (Å²) in [5, 5.41) is 3.43. The summed E-state index contributed by atoms with van der Waals surface area (Å²) >= 11 is 1.22. The van der Waals surface area contributed by atoms with E-state index in [4.69, 9.17) is 5.73 Å². The molecule has 0 saturated heterocycles. The van der Waals surface area contributed by atoms with E-state index in [-0.39, 0.29) is 5.91 Å². The van der Waals surface area contributed by atoms with E-state index >= 15 is 0 Å². The molecule has 0 aliphatic heterocycles. The Morgan fingerprint density at radius 2 is 2.18 bits per heavy atom. The second-order valence-corrected chi connectivity index (χ2v) is 5.40. The van der Waals surface area contributed by atoms with Gasteiger partial charge in [0, 0.05) is 18.1 Å². The number of carbonyl (C=O) groups excluding carboxylic acids is 1. The summed E-state index contributed by atoms with van der Waals surface area (Å²) in [6, 6.07) is 0. The fourth-order valence-corrected chi connectivity index (χ4v) is 2.90. The predicted octanol–water partition coefficient (Wildman–Crippen LogP) is 1.69. The smallest absolute Gasteiger partial charge is 0.233 e. The molecule has 2 rings (SSSR count). The average Bonchev–Trinajstić information content (AvgIpc) is 2.75. The number of nitrogens with two attached hydrogens (primary N) is 1. The Hall–Kier alpha value is -1.01. The molecule has 1 amide bonds. The molecule has 5 nitrogen and oxygen atoms in total. The Balaban J connectivity index is 2.07. The SMILES string of the molecule is Cc1nsc(NC(=O)C2(CN)CCCCC2)n1. The monoisotopic (exact) mass is 254 g/mol. The first-order valence-corrected chi connectivity index (χ1v) is 6.75. The number of nitrogens with zero attached hydrogens (tertiary/aromatic N) is 2. The minimum atomic E-state index is -0.391. The highest BCUT2D eigenvalue weighted by Crippen LogP contribution is 2.36. The second kappa shape index (κ2) is 5.10. The Morgan fingerprint density at radius 1 is 1.47 bits per heavy atom. The van der Waals surface area contributed by atoms with Crippen molar-refractivity contribution in [2.45, 2.75) is 39.0 Å². The molecule has 1 fully saturated rings. The first kappa shape index (κ1) is 12.4. The fraction of sp³-hybridized carbons (Fsp3) is 0.727. The summed E-state index contributed by atoms with van der Waals surface area (Å²) in [7, 11) is 0. The molecule has 0 aromatic carbocycles. The van der Waals surface area contributed by atoms with Crippen molar-refractivity contribution in [2.24, 2.45) is 11.1 Å². The molecule has 3 N–H and O–H groups in total. The minimum absolute atomic E-state index is 0.0100. The molecule has 1 aromatic heterocycles. The third-order valence-corrected chi connectivity index (χ3v) is 4.15. The maximum absolute atomic E-state index is 12.3. The molecule has 17 heavy (non-hydrogen) atoms. The van der Waals surface area contributed by atoms with E-state index in [1.165, 1.54) is 18.0 Å². The van der Waals surface area contributed by atoms with Crippen molar-refractivity contribution < 1.29 is 4.79 Å². The fourth-order valence-electron chi connectivity index (χ4n) is 2.33. The first-order valence-electron chi connectivity index (χ1n) is 5.98. The molecule has 1 aliphatic rings. The standard InChI is InChI=1S/C11H18N4OS/c1-8-13-10(17-15-8)14-9(16)11(7-12)5-3-2-4-6-11/h2-7,12H2,1H3,(H,13,14,15,16).